The SMILES string of the molecule is CCCC(C)C(NC)c1c(Br)cnn1CC. The van der Waals surface area contributed by atoms with Crippen LogP contribution >= 0.6 is 15.9 Å². The van der Waals surface area contributed by atoms with Crippen LogP contribution in [0.4, 0.5) is 0 Å². The molecule has 1 aromatic rings. The van der Waals surface area contributed by atoms with E-state index in [1.165, 1.54) is 18.5 Å². The number of hydrogen-bond acceptors (Lipinski definition) is 2. The van der Waals surface area contributed by atoms with Gasteiger partial charge in [0.2, 0.25) is 0 Å². The molecule has 1 aromatic heterocycles. The minimum atomic E-state index is 0.372. The summed E-state index contributed by atoms with van der Waals surface area (Å²) < 4.78 is 3.17. The molecule has 1 heterocycles. The number of rotatable bonds is 6. The van der Waals surface area contributed by atoms with Crippen molar-refractivity contribution in [2.24, 2.45) is 5.92 Å². The molecule has 16 heavy (non-hydrogen) atoms. The Morgan fingerprint density at radius 2 is 2.19 bits per heavy atom. The molecule has 4 heteroatoms. The molecule has 0 aliphatic heterocycles. The Kier molecular flexibility index (Phi) is 5.49. The lowest BCUT2D eigenvalue weighted by Crippen LogP contribution is -2.26. The molecule has 0 radical (unpaired) electrons. The van der Waals surface area contributed by atoms with Gasteiger partial charge in [0.1, 0.15) is 0 Å². The minimum Gasteiger partial charge on any atom is -0.311 e. The fraction of sp³-hybridized carbons (Fsp3) is 0.750. The van der Waals surface area contributed by atoms with Crippen molar-refractivity contribution < 1.29 is 0 Å². The highest BCUT2D eigenvalue weighted by Crippen LogP contribution is 2.30. The minimum absolute atomic E-state index is 0.372. The van der Waals surface area contributed by atoms with Gasteiger partial charge >= 0.3 is 0 Å². The molecule has 92 valence electrons. The van der Waals surface area contributed by atoms with E-state index in [-0.39, 0.29) is 0 Å². The molecule has 0 aliphatic rings. The van der Waals surface area contributed by atoms with Crippen molar-refractivity contribution in [3.05, 3.63) is 16.4 Å². The second kappa shape index (κ2) is 6.40. The van der Waals surface area contributed by atoms with Crippen LogP contribution in [-0.2, 0) is 6.54 Å². The van der Waals surface area contributed by atoms with E-state index < -0.39 is 0 Å². The van der Waals surface area contributed by atoms with Gasteiger partial charge in [-0.05, 0) is 42.2 Å². The zero-order valence-corrected chi connectivity index (χ0v) is 12.2. The van der Waals surface area contributed by atoms with Crippen molar-refractivity contribution in [3.63, 3.8) is 0 Å². The third kappa shape index (κ3) is 2.86. The van der Waals surface area contributed by atoms with Crippen LogP contribution in [0.3, 0.4) is 0 Å². The molecule has 3 nitrogen and oxygen atoms in total. The smallest absolute Gasteiger partial charge is 0.0698 e. The first-order valence-electron chi connectivity index (χ1n) is 6.04. The van der Waals surface area contributed by atoms with E-state index in [0.717, 1.165) is 11.0 Å². The average molecular weight is 288 g/mol. The van der Waals surface area contributed by atoms with Gasteiger partial charge in [0.05, 0.1) is 22.4 Å². The zero-order chi connectivity index (χ0) is 12.1. The molecule has 2 unspecified atom stereocenters. The number of aromatic nitrogens is 2. The fourth-order valence-corrected chi connectivity index (χ4v) is 2.79. The average Bonchev–Trinajstić information content (AvgIpc) is 2.62. The Morgan fingerprint density at radius 3 is 2.69 bits per heavy atom. The summed E-state index contributed by atoms with van der Waals surface area (Å²) in [7, 11) is 2.02. The highest BCUT2D eigenvalue weighted by atomic mass is 79.9. The lowest BCUT2D eigenvalue weighted by atomic mass is 9.94. The van der Waals surface area contributed by atoms with Crippen molar-refractivity contribution in [1.29, 1.82) is 0 Å². The summed E-state index contributed by atoms with van der Waals surface area (Å²) in [5.74, 6) is 0.619. The Bertz CT molecular complexity index is 322. The number of nitrogens with zero attached hydrogens (tertiary/aromatic N) is 2. The van der Waals surface area contributed by atoms with Gasteiger partial charge in [-0.25, -0.2) is 0 Å². The molecule has 0 aliphatic carbocycles. The maximum atomic E-state index is 4.38. The third-order valence-electron chi connectivity index (χ3n) is 3.05. The number of halogens is 1. The monoisotopic (exact) mass is 287 g/mol. The van der Waals surface area contributed by atoms with Gasteiger partial charge in [-0.1, -0.05) is 20.3 Å². The molecule has 0 aromatic carbocycles. The normalized spacial score (nSPS) is 15.1. The maximum Gasteiger partial charge on any atom is 0.0698 e. The Morgan fingerprint density at radius 1 is 1.50 bits per heavy atom. The van der Waals surface area contributed by atoms with Gasteiger partial charge < -0.3 is 5.32 Å². The molecular weight excluding hydrogens is 266 g/mol. The number of hydrogen-bond donors (Lipinski definition) is 1. The number of nitrogens with one attached hydrogen (secondary N) is 1. The van der Waals surface area contributed by atoms with Crippen LogP contribution in [0.15, 0.2) is 10.7 Å². The summed E-state index contributed by atoms with van der Waals surface area (Å²) in [6.07, 6.45) is 4.34. The summed E-state index contributed by atoms with van der Waals surface area (Å²) in [5, 5.41) is 7.79. The van der Waals surface area contributed by atoms with Crippen LogP contribution in [0.1, 0.15) is 45.3 Å². The zero-order valence-electron chi connectivity index (χ0n) is 10.6. The van der Waals surface area contributed by atoms with E-state index >= 15 is 0 Å². The molecular formula is C12H22BrN3. The van der Waals surface area contributed by atoms with Gasteiger partial charge in [0.25, 0.3) is 0 Å². The molecule has 1 N–H and O–H groups in total. The van der Waals surface area contributed by atoms with Crippen molar-refractivity contribution in [3.8, 4) is 0 Å². The van der Waals surface area contributed by atoms with Gasteiger partial charge in [-0.2, -0.15) is 5.10 Å². The van der Waals surface area contributed by atoms with Crippen LogP contribution in [0.25, 0.3) is 0 Å². The highest BCUT2D eigenvalue weighted by molar-refractivity contribution is 9.10. The van der Waals surface area contributed by atoms with Crippen LogP contribution in [0.2, 0.25) is 0 Å². The predicted molar refractivity (Wildman–Crippen MR) is 71.5 cm³/mol. The Balaban J connectivity index is 2.97. The van der Waals surface area contributed by atoms with Crippen LogP contribution < -0.4 is 5.32 Å². The number of aryl methyl sites for hydroxylation is 1. The van der Waals surface area contributed by atoms with Crippen molar-refractivity contribution in [2.75, 3.05) is 7.05 Å². The van der Waals surface area contributed by atoms with E-state index in [2.05, 4.69) is 51.8 Å². The highest BCUT2D eigenvalue weighted by Gasteiger charge is 2.23. The Hall–Kier alpha value is -0.350. The largest absolute Gasteiger partial charge is 0.311 e. The molecule has 0 amide bonds. The van der Waals surface area contributed by atoms with Crippen LogP contribution in [-0.4, -0.2) is 16.8 Å². The third-order valence-corrected chi connectivity index (χ3v) is 3.66. The lowest BCUT2D eigenvalue weighted by molar-refractivity contribution is 0.360. The van der Waals surface area contributed by atoms with E-state index in [1.54, 1.807) is 0 Å². The molecule has 1 rings (SSSR count). The van der Waals surface area contributed by atoms with Gasteiger partial charge in [0, 0.05) is 6.54 Å². The van der Waals surface area contributed by atoms with E-state index in [1.807, 2.05) is 13.2 Å². The molecule has 2 atom stereocenters. The second-order valence-electron chi connectivity index (χ2n) is 4.23. The Labute approximate surface area is 107 Å². The molecule has 0 spiro atoms. The first-order valence-corrected chi connectivity index (χ1v) is 6.83. The summed E-state index contributed by atoms with van der Waals surface area (Å²) in [6, 6.07) is 0.372. The van der Waals surface area contributed by atoms with Crippen molar-refractivity contribution >= 4 is 15.9 Å². The first kappa shape index (κ1) is 13.7. The quantitative estimate of drug-likeness (QED) is 0.870. The summed E-state index contributed by atoms with van der Waals surface area (Å²) in [4.78, 5) is 0. The molecule has 0 saturated heterocycles. The molecule has 0 fully saturated rings. The standard InChI is InChI=1S/C12H22BrN3/c1-5-7-9(3)11(14-4)12-10(13)8-15-16(12)6-2/h8-9,11,14H,5-7H2,1-4H3. The predicted octanol–water partition coefficient (Wildman–Crippen LogP) is 3.36. The maximum absolute atomic E-state index is 4.38. The van der Waals surface area contributed by atoms with Crippen LogP contribution in [0.5, 0.6) is 0 Å². The first-order chi connectivity index (χ1) is 7.65. The van der Waals surface area contributed by atoms with E-state index in [0.29, 0.717) is 12.0 Å². The molecule has 0 saturated carbocycles. The van der Waals surface area contributed by atoms with Crippen molar-refractivity contribution in [1.82, 2.24) is 15.1 Å². The van der Waals surface area contributed by atoms with E-state index in [4.69, 9.17) is 0 Å². The summed E-state index contributed by atoms with van der Waals surface area (Å²) in [6.45, 7) is 7.57. The van der Waals surface area contributed by atoms with Crippen molar-refractivity contribution in [2.45, 2.75) is 46.2 Å². The lowest BCUT2D eigenvalue weighted by Gasteiger charge is -2.24. The fourth-order valence-electron chi connectivity index (χ4n) is 2.25. The van der Waals surface area contributed by atoms with Crippen LogP contribution in [0, 0.1) is 5.92 Å². The summed E-state index contributed by atoms with van der Waals surface area (Å²) in [5.41, 5.74) is 1.27. The second-order valence-corrected chi connectivity index (χ2v) is 5.08. The van der Waals surface area contributed by atoms with E-state index in [9.17, 15) is 0 Å². The molecule has 0 bridgehead atoms. The summed E-state index contributed by atoms with van der Waals surface area (Å²) >= 11 is 3.60. The van der Waals surface area contributed by atoms with Gasteiger partial charge in [0.15, 0.2) is 0 Å². The van der Waals surface area contributed by atoms with Gasteiger partial charge in [-0.15, -0.1) is 0 Å². The van der Waals surface area contributed by atoms with Gasteiger partial charge in [-0.3, -0.25) is 4.68 Å². The topological polar surface area (TPSA) is 29.9 Å².